The van der Waals surface area contributed by atoms with Crippen LogP contribution in [0.2, 0.25) is 0 Å². The molecule has 0 radical (unpaired) electrons. The summed E-state index contributed by atoms with van der Waals surface area (Å²) in [6.45, 7) is 0.210. The average molecular weight is 386 g/mol. The van der Waals surface area contributed by atoms with Gasteiger partial charge in [-0.2, -0.15) is 0 Å². The Morgan fingerprint density at radius 1 is 1.19 bits per heavy atom. The van der Waals surface area contributed by atoms with Gasteiger partial charge >= 0.3 is 0 Å². The summed E-state index contributed by atoms with van der Waals surface area (Å²) in [5, 5.41) is 4.94. The number of ether oxygens (including phenoxy) is 1. The molecule has 27 heavy (non-hydrogen) atoms. The number of amides is 1. The average Bonchev–Trinajstić information content (AvgIpc) is 3.33. The number of aromatic nitrogens is 1. The molecule has 2 aromatic carbocycles. The van der Waals surface area contributed by atoms with Crippen molar-refractivity contribution in [1.29, 1.82) is 0 Å². The summed E-state index contributed by atoms with van der Waals surface area (Å²) in [4.78, 5) is 16.3. The fraction of sp³-hybridized carbons (Fsp3) is 0.200. The van der Waals surface area contributed by atoms with Crippen molar-refractivity contribution in [3.8, 4) is 16.3 Å². The smallest absolute Gasteiger partial charge is 0.270 e. The third-order valence-corrected chi connectivity index (χ3v) is 5.01. The van der Waals surface area contributed by atoms with Crippen molar-refractivity contribution in [1.82, 2.24) is 10.3 Å². The van der Waals surface area contributed by atoms with E-state index in [1.54, 1.807) is 29.6 Å². The van der Waals surface area contributed by atoms with Crippen molar-refractivity contribution in [2.45, 2.75) is 25.5 Å². The van der Waals surface area contributed by atoms with Gasteiger partial charge in [-0.05, 0) is 42.7 Å². The van der Waals surface area contributed by atoms with Gasteiger partial charge in [0.1, 0.15) is 34.7 Å². The number of benzene rings is 2. The van der Waals surface area contributed by atoms with Crippen LogP contribution in [0.5, 0.6) is 5.75 Å². The molecule has 1 amide bonds. The van der Waals surface area contributed by atoms with Gasteiger partial charge in [0.2, 0.25) is 0 Å². The number of carbonyl (C=O) groups excluding carboxylic acids is 1. The van der Waals surface area contributed by atoms with E-state index in [1.807, 2.05) is 0 Å². The lowest BCUT2D eigenvalue weighted by atomic mass is 10.2. The third kappa shape index (κ3) is 4.31. The molecule has 3 aromatic rings. The highest BCUT2D eigenvalue weighted by Gasteiger charge is 2.25. The molecule has 0 unspecified atom stereocenters. The minimum absolute atomic E-state index is 0.210. The number of nitrogens with one attached hydrogen (secondary N) is 1. The van der Waals surface area contributed by atoms with E-state index in [-0.39, 0.29) is 24.4 Å². The van der Waals surface area contributed by atoms with Crippen LogP contribution in [0, 0.1) is 11.6 Å². The van der Waals surface area contributed by atoms with Crippen molar-refractivity contribution in [2.24, 2.45) is 0 Å². The van der Waals surface area contributed by atoms with Crippen LogP contribution in [-0.2, 0) is 6.61 Å². The minimum Gasteiger partial charge on any atom is -0.489 e. The lowest BCUT2D eigenvalue weighted by Crippen LogP contribution is -2.25. The highest BCUT2D eigenvalue weighted by molar-refractivity contribution is 7.13. The fourth-order valence-electron chi connectivity index (χ4n) is 2.50. The molecule has 0 bridgehead atoms. The zero-order valence-corrected chi connectivity index (χ0v) is 15.1. The second-order valence-electron chi connectivity index (χ2n) is 6.34. The van der Waals surface area contributed by atoms with Gasteiger partial charge < -0.3 is 10.1 Å². The van der Waals surface area contributed by atoms with Crippen LogP contribution in [0.15, 0.2) is 47.8 Å². The quantitative estimate of drug-likeness (QED) is 0.676. The predicted octanol–water partition coefficient (Wildman–Crippen LogP) is 4.56. The standard InChI is InChI=1S/C20H16F2N2O2S/c21-13-3-1-12(2-4-13)10-26-15-7-8-16(17(22)9-15)20-24-18(11-27-20)19(25)23-14-5-6-14/h1-4,7-9,11,14H,5-6,10H2,(H,23,25). The first-order valence-electron chi connectivity index (χ1n) is 8.52. The Hall–Kier alpha value is -2.80. The number of carbonyl (C=O) groups is 1. The van der Waals surface area contributed by atoms with Crippen LogP contribution in [0.1, 0.15) is 28.9 Å². The normalized spacial score (nSPS) is 13.4. The van der Waals surface area contributed by atoms with E-state index in [1.165, 1.54) is 29.5 Å². The van der Waals surface area contributed by atoms with E-state index in [9.17, 15) is 13.6 Å². The van der Waals surface area contributed by atoms with E-state index in [0.29, 0.717) is 22.0 Å². The predicted molar refractivity (Wildman–Crippen MR) is 98.7 cm³/mol. The molecule has 0 spiro atoms. The van der Waals surface area contributed by atoms with Crippen molar-refractivity contribution in [3.63, 3.8) is 0 Å². The Bertz CT molecular complexity index is 968. The number of hydrogen-bond acceptors (Lipinski definition) is 4. The van der Waals surface area contributed by atoms with Gasteiger partial charge in [0, 0.05) is 23.1 Å². The van der Waals surface area contributed by atoms with Gasteiger partial charge in [0.05, 0.1) is 0 Å². The molecular formula is C20H16F2N2O2S. The molecule has 138 valence electrons. The van der Waals surface area contributed by atoms with Crippen molar-refractivity contribution in [2.75, 3.05) is 0 Å². The molecule has 1 aliphatic carbocycles. The lowest BCUT2D eigenvalue weighted by Gasteiger charge is -2.08. The van der Waals surface area contributed by atoms with Crippen LogP contribution in [0.4, 0.5) is 8.78 Å². The molecule has 7 heteroatoms. The number of thiazole rings is 1. The van der Waals surface area contributed by atoms with E-state index in [0.717, 1.165) is 18.4 Å². The Kier molecular flexibility index (Phi) is 4.85. The molecule has 1 N–H and O–H groups in total. The van der Waals surface area contributed by atoms with Crippen molar-refractivity contribution in [3.05, 3.63) is 70.7 Å². The van der Waals surface area contributed by atoms with Crippen molar-refractivity contribution < 1.29 is 18.3 Å². The molecule has 1 aliphatic rings. The molecule has 4 rings (SSSR count). The third-order valence-electron chi connectivity index (χ3n) is 4.14. The fourth-order valence-corrected chi connectivity index (χ4v) is 3.32. The zero-order valence-electron chi connectivity index (χ0n) is 14.2. The monoisotopic (exact) mass is 386 g/mol. The summed E-state index contributed by atoms with van der Waals surface area (Å²) in [5.74, 6) is -0.652. The van der Waals surface area contributed by atoms with Gasteiger partial charge in [-0.15, -0.1) is 11.3 Å². The number of rotatable bonds is 6. The first-order chi connectivity index (χ1) is 13.1. The highest BCUT2D eigenvalue weighted by Crippen LogP contribution is 2.29. The summed E-state index contributed by atoms with van der Waals surface area (Å²) in [7, 11) is 0. The van der Waals surface area contributed by atoms with E-state index in [2.05, 4.69) is 10.3 Å². The molecule has 0 atom stereocenters. The molecular weight excluding hydrogens is 370 g/mol. The van der Waals surface area contributed by atoms with E-state index < -0.39 is 5.82 Å². The largest absolute Gasteiger partial charge is 0.489 e. The summed E-state index contributed by atoms with van der Waals surface area (Å²) >= 11 is 1.22. The molecule has 4 nitrogen and oxygen atoms in total. The molecule has 1 heterocycles. The molecule has 1 saturated carbocycles. The van der Waals surface area contributed by atoms with Crippen LogP contribution in [-0.4, -0.2) is 16.9 Å². The van der Waals surface area contributed by atoms with Crippen molar-refractivity contribution >= 4 is 17.2 Å². The van der Waals surface area contributed by atoms with Gasteiger partial charge in [0.25, 0.3) is 5.91 Å². The first-order valence-corrected chi connectivity index (χ1v) is 9.40. The zero-order chi connectivity index (χ0) is 18.8. The first kappa shape index (κ1) is 17.6. The van der Waals surface area contributed by atoms with E-state index >= 15 is 0 Å². The summed E-state index contributed by atoms with van der Waals surface area (Å²) in [5.41, 5.74) is 1.41. The number of nitrogens with zero attached hydrogens (tertiary/aromatic N) is 1. The second-order valence-corrected chi connectivity index (χ2v) is 7.20. The summed E-state index contributed by atoms with van der Waals surface area (Å²) < 4.78 is 32.9. The maximum Gasteiger partial charge on any atom is 0.270 e. The SMILES string of the molecule is O=C(NC1CC1)c1csc(-c2ccc(OCc3ccc(F)cc3)cc2F)n1. The molecule has 0 aliphatic heterocycles. The highest BCUT2D eigenvalue weighted by atomic mass is 32.1. The van der Waals surface area contributed by atoms with Crippen LogP contribution in [0.3, 0.4) is 0 Å². The van der Waals surface area contributed by atoms with Crippen LogP contribution >= 0.6 is 11.3 Å². The van der Waals surface area contributed by atoms with Gasteiger partial charge in [-0.1, -0.05) is 12.1 Å². The minimum atomic E-state index is -0.477. The molecule has 1 aromatic heterocycles. The van der Waals surface area contributed by atoms with Gasteiger partial charge in [0.15, 0.2) is 0 Å². The maximum absolute atomic E-state index is 14.5. The molecule has 0 saturated heterocycles. The van der Waals surface area contributed by atoms with Crippen LogP contribution < -0.4 is 10.1 Å². The summed E-state index contributed by atoms with van der Waals surface area (Å²) in [6.07, 6.45) is 1.99. The van der Waals surface area contributed by atoms with Gasteiger partial charge in [-0.3, -0.25) is 4.79 Å². The Labute approximate surface area is 158 Å². The van der Waals surface area contributed by atoms with Crippen LogP contribution in [0.25, 0.3) is 10.6 Å². The topological polar surface area (TPSA) is 51.2 Å². The van der Waals surface area contributed by atoms with Gasteiger partial charge in [-0.25, -0.2) is 13.8 Å². The number of hydrogen-bond donors (Lipinski definition) is 1. The Morgan fingerprint density at radius 3 is 2.67 bits per heavy atom. The summed E-state index contributed by atoms with van der Waals surface area (Å²) in [6, 6.07) is 10.7. The van der Waals surface area contributed by atoms with E-state index in [4.69, 9.17) is 4.74 Å². The molecule has 1 fully saturated rings. The number of halogens is 2. The Morgan fingerprint density at radius 2 is 1.96 bits per heavy atom. The second kappa shape index (κ2) is 7.44. The Balaban J connectivity index is 1.44. The lowest BCUT2D eigenvalue weighted by molar-refractivity contribution is 0.0947. The maximum atomic E-state index is 14.5.